The second kappa shape index (κ2) is 13.3. The number of rotatable bonds is 9. The van der Waals surface area contributed by atoms with Crippen LogP contribution in [0.5, 0.6) is 0 Å². The van der Waals surface area contributed by atoms with E-state index in [0.717, 1.165) is 51.4 Å². The largest absolute Gasteiger partial charge is 0.383 e. The van der Waals surface area contributed by atoms with Crippen LogP contribution in [0.15, 0.2) is 41.7 Å². The zero-order valence-corrected chi connectivity index (χ0v) is 22.7. The highest BCUT2D eigenvalue weighted by molar-refractivity contribution is 14.0. The summed E-state index contributed by atoms with van der Waals surface area (Å²) in [4.78, 5) is 9.73. The minimum Gasteiger partial charge on any atom is -0.383 e. The summed E-state index contributed by atoms with van der Waals surface area (Å²) in [5.74, 6) is 0.689. The first-order valence-corrected chi connectivity index (χ1v) is 11.7. The molecule has 1 aliphatic rings. The Morgan fingerprint density at radius 1 is 1.06 bits per heavy atom. The van der Waals surface area contributed by atoms with Crippen molar-refractivity contribution in [3.8, 4) is 0 Å². The number of guanidine groups is 1. The van der Waals surface area contributed by atoms with E-state index < -0.39 is 5.60 Å². The van der Waals surface area contributed by atoms with Gasteiger partial charge < -0.3 is 20.6 Å². The van der Waals surface area contributed by atoms with E-state index in [-0.39, 0.29) is 24.0 Å². The number of halogens is 1. The van der Waals surface area contributed by atoms with Crippen LogP contribution >= 0.6 is 24.0 Å². The van der Waals surface area contributed by atoms with E-state index in [0.29, 0.717) is 19.0 Å². The van der Waals surface area contributed by atoms with E-state index in [1.807, 2.05) is 20.2 Å². The summed E-state index contributed by atoms with van der Waals surface area (Å²) in [6, 6.07) is 8.75. The minimum absolute atomic E-state index is 0. The first-order chi connectivity index (χ1) is 15.4. The number of hydrogen-bond donors (Lipinski definition) is 3. The Bertz CT molecular complexity index is 858. The molecule has 1 unspecified atom stereocenters. The molecule has 0 aliphatic carbocycles. The molecular weight excluding hydrogens is 529 g/mol. The first-order valence-electron chi connectivity index (χ1n) is 11.7. The van der Waals surface area contributed by atoms with Crippen LogP contribution in [0.25, 0.3) is 0 Å². The van der Waals surface area contributed by atoms with Crippen molar-refractivity contribution < 1.29 is 5.11 Å². The van der Waals surface area contributed by atoms with Gasteiger partial charge in [-0.05, 0) is 31.5 Å². The van der Waals surface area contributed by atoms with Gasteiger partial charge in [-0.2, -0.15) is 5.10 Å². The molecule has 33 heavy (non-hydrogen) atoms. The van der Waals surface area contributed by atoms with Crippen molar-refractivity contribution in [3.63, 3.8) is 0 Å². The molecule has 3 N–H and O–H groups in total. The number of hydrogen-bond acceptors (Lipinski definition) is 5. The van der Waals surface area contributed by atoms with Crippen LogP contribution in [0.4, 0.5) is 0 Å². The lowest BCUT2D eigenvalue weighted by molar-refractivity contribution is 0.0616. The molecule has 1 fully saturated rings. The quantitative estimate of drug-likeness (QED) is 0.244. The van der Waals surface area contributed by atoms with E-state index in [1.165, 1.54) is 11.1 Å². The number of piperazine rings is 1. The summed E-state index contributed by atoms with van der Waals surface area (Å²) in [5, 5.41) is 21.4. The average Bonchev–Trinajstić information content (AvgIpc) is 3.24. The summed E-state index contributed by atoms with van der Waals surface area (Å²) in [5.41, 5.74) is 2.25. The van der Waals surface area contributed by atoms with E-state index >= 15 is 0 Å². The number of aryl methyl sites for hydroxylation is 1. The predicted molar refractivity (Wildman–Crippen MR) is 145 cm³/mol. The van der Waals surface area contributed by atoms with E-state index in [2.05, 4.69) is 56.7 Å². The van der Waals surface area contributed by atoms with E-state index in [4.69, 9.17) is 4.99 Å². The molecule has 184 valence electrons. The number of aromatic nitrogens is 2. The van der Waals surface area contributed by atoms with E-state index in [9.17, 15) is 5.11 Å². The van der Waals surface area contributed by atoms with Crippen LogP contribution < -0.4 is 10.6 Å². The van der Waals surface area contributed by atoms with Gasteiger partial charge in [0.1, 0.15) is 5.60 Å². The van der Waals surface area contributed by atoms with Crippen molar-refractivity contribution in [2.45, 2.75) is 39.5 Å². The molecule has 1 aromatic heterocycles. The molecule has 1 aromatic carbocycles. The fourth-order valence-electron chi connectivity index (χ4n) is 3.84. The highest BCUT2D eigenvalue weighted by atomic mass is 127. The van der Waals surface area contributed by atoms with Crippen LogP contribution in [0, 0.1) is 0 Å². The lowest BCUT2D eigenvalue weighted by Gasteiger charge is -2.34. The molecule has 8 nitrogen and oxygen atoms in total. The number of aliphatic imine (C=N–C) groups is 1. The Balaban J connectivity index is 0.00000385. The highest BCUT2D eigenvalue weighted by Gasteiger charge is 2.25. The summed E-state index contributed by atoms with van der Waals surface area (Å²) < 4.78 is 1.69. The average molecular weight is 570 g/mol. The fourth-order valence-corrected chi connectivity index (χ4v) is 3.84. The third-order valence-electron chi connectivity index (χ3n) is 6.03. The van der Waals surface area contributed by atoms with Crippen LogP contribution in [-0.2, 0) is 25.7 Å². The first kappa shape index (κ1) is 27.6. The number of benzene rings is 1. The third-order valence-corrected chi connectivity index (χ3v) is 6.03. The molecule has 1 saturated heterocycles. The standard InChI is InChI=1S/C24H39N7O.HI/c1-5-25-23(27-19-24(3,32)22-16-28-29(4)18-22)26-15-20-7-9-21(10-8-20)17-31-13-11-30(6-2)12-14-31;/h7-10,16,18,32H,5-6,11-15,17,19H2,1-4H3,(H2,25,26,27);1H. The van der Waals surface area contributed by atoms with Gasteiger partial charge in [-0.15, -0.1) is 24.0 Å². The molecule has 1 aliphatic heterocycles. The van der Waals surface area contributed by atoms with Gasteiger partial charge in [0.15, 0.2) is 5.96 Å². The van der Waals surface area contributed by atoms with Gasteiger partial charge in [0.2, 0.25) is 0 Å². The van der Waals surface area contributed by atoms with Crippen LogP contribution in [-0.4, -0.2) is 76.5 Å². The maximum atomic E-state index is 10.8. The summed E-state index contributed by atoms with van der Waals surface area (Å²) in [7, 11) is 1.84. The van der Waals surface area contributed by atoms with Gasteiger partial charge in [0, 0.05) is 58.1 Å². The van der Waals surface area contributed by atoms with Gasteiger partial charge in [-0.1, -0.05) is 31.2 Å². The molecule has 0 saturated carbocycles. The maximum Gasteiger partial charge on any atom is 0.191 e. The van der Waals surface area contributed by atoms with Gasteiger partial charge in [-0.25, -0.2) is 4.99 Å². The zero-order chi connectivity index (χ0) is 23.0. The molecule has 2 aromatic rings. The van der Waals surface area contributed by atoms with Gasteiger partial charge in [0.25, 0.3) is 0 Å². The lowest BCUT2D eigenvalue weighted by atomic mass is 10.00. The van der Waals surface area contributed by atoms with E-state index in [1.54, 1.807) is 17.8 Å². The topological polar surface area (TPSA) is 81.0 Å². The molecule has 9 heteroatoms. The van der Waals surface area contributed by atoms with Gasteiger partial charge >= 0.3 is 0 Å². The molecular formula is C24H40IN7O. The molecule has 0 spiro atoms. The molecule has 0 radical (unpaired) electrons. The van der Waals surface area contributed by atoms with Gasteiger partial charge in [0.05, 0.1) is 19.3 Å². The predicted octanol–water partition coefficient (Wildman–Crippen LogP) is 2.14. The van der Waals surface area contributed by atoms with Crippen molar-refractivity contribution in [1.29, 1.82) is 0 Å². The lowest BCUT2D eigenvalue weighted by Crippen LogP contribution is -2.45. The Morgan fingerprint density at radius 2 is 1.70 bits per heavy atom. The normalized spacial score (nSPS) is 17.3. The Labute approximate surface area is 215 Å². The van der Waals surface area contributed by atoms with Crippen LogP contribution in [0.2, 0.25) is 0 Å². The Kier molecular flexibility index (Phi) is 11.1. The number of aliphatic hydroxyl groups is 1. The monoisotopic (exact) mass is 569 g/mol. The highest BCUT2D eigenvalue weighted by Crippen LogP contribution is 2.18. The summed E-state index contributed by atoms with van der Waals surface area (Å²) in [6.45, 7) is 14.5. The Hall–Kier alpha value is -1.69. The molecule has 0 amide bonds. The van der Waals surface area contributed by atoms with Crippen LogP contribution in [0.3, 0.4) is 0 Å². The molecule has 0 bridgehead atoms. The third kappa shape index (κ3) is 8.55. The summed E-state index contributed by atoms with van der Waals surface area (Å²) >= 11 is 0. The smallest absolute Gasteiger partial charge is 0.191 e. The van der Waals surface area contributed by atoms with Crippen molar-refractivity contribution in [2.24, 2.45) is 12.0 Å². The van der Waals surface area contributed by atoms with Crippen molar-refractivity contribution in [1.82, 2.24) is 30.2 Å². The number of nitrogens with zero attached hydrogens (tertiary/aromatic N) is 5. The summed E-state index contributed by atoms with van der Waals surface area (Å²) in [6.07, 6.45) is 3.52. The van der Waals surface area contributed by atoms with Crippen LogP contribution in [0.1, 0.15) is 37.5 Å². The molecule has 3 rings (SSSR count). The maximum absolute atomic E-state index is 10.8. The van der Waals surface area contributed by atoms with Gasteiger partial charge in [-0.3, -0.25) is 9.58 Å². The molecule has 1 atom stereocenters. The minimum atomic E-state index is -1.03. The Morgan fingerprint density at radius 3 is 2.27 bits per heavy atom. The zero-order valence-electron chi connectivity index (χ0n) is 20.4. The van der Waals surface area contributed by atoms with Crippen molar-refractivity contribution in [2.75, 3.05) is 45.8 Å². The SMILES string of the molecule is CCNC(=NCc1ccc(CN2CCN(CC)CC2)cc1)NCC(C)(O)c1cnn(C)c1.I. The second-order valence-electron chi connectivity index (χ2n) is 8.75. The number of likely N-dealkylation sites (N-methyl/N-ethyl adjacent to an activating group) is 1. The van der Waals surface area contributed by atoms with Crippen molar-refractivity contribution in [3.05, 3.63) is 53.3 Å². The second-order valence-corrected chi connectivity index (χ2v) is 8.75. The molecule has 2 heterocycles. The van der Waals surface area contributed by atoms with Crippen molar-refractivity contribution >= 4 is 29.9 Å². The fraction of sp³-hybridized carbons (Fsp3) is 0.583. The number of nitrogens with one attached hydrogen (secondary N) is 2.